The van der Waals surface area contributed by atoms with Gasteiger partial charge in [-0.05, 0) is 41.5 Å². The fourth-order valence-electron chi connectivity index (χ4n) is 2.95. The van der Waals surface area contributed by atoms with Gasteiger partial charge >= 0.3 is 0 Å². The lowest BCUT2D eigenvalue weighted by Crippen LogP contribution is -2.41. The van der Waals surface area contributed by atoms with E-state index in [2.05, 4.69) is 36.1 Å². The fourth-order valence-corrected chi connectivity index (χ4v) is 4.18. The summed E-state index contributed by atoms with van der Waals surface area (Å²) in [7, 11) is -1.16. The molecule has 0 amide bonds. The van der Waals surface area contributed by atoms with Gasteiger partial charge in [0.05, 0.1) is 18.6 Å². The van der Waals surface area contributed by atoms with Crippen LogP contribution in [-0.4, -0.2) is 45.0 Å². The number of methoxy groups -OCH3 is 1. The minimum absolute atomic E-state index is 0.224. The molecule has 1 fully saturated rings. The van der Waals surface area contributed by atoms with Crippen LogP contribution in [0, 0.1) is 0 Å². The smallest absolute Gasteiger partial charge is 0.152 e. The van der Waals surface area contributed by atoms with Gasteiger partial charge in [0.2, 0.25) is 0 Å². The zero-order chi connectivity index (χ0) is 15.7. The summed E-state index contributed by atoms with van der Waals surface area (Å²) in [5.41, 5.74) is 1.22. The van der Waals surface area contributed by atoms with E-state index in [1.54, 1.807) is 7.11 Å². The van der Waals surface area contributed by atoms with Crippen molar-refractivity contribution in [3.8, 4) is 5.75 Å². The summed E-state index contributed by atoms with van der Waals surface area (Å²) in [6.07, 6.45) is 0. The Labute approximate surface area is 131 Å². The Bertz CT molecular complexity index is 772. The van der Waals surface area contributed by atoms with Crippen LogP contribution in [-0.2, 0) is 9.84 Å². The van der Waals surface area contributed by atoms with Gasteiger partial charge in [-0.25, -0.2) is 8.42 Å². The predicted octanol–water partition coefficient (Wildman–Crippen LogP) is 2.64. The largest absolute Gasteiger partial charge is 0.497 e. The molecule has 1 unspecified atom stereocenters. The lowest BCUT2D eigenvalue weighted by atomic mass is 10.0. The molecule has 1 aliphatic rings. The molecule has 0 bridgehead atoms. The van der Waals surface area contributed by atoms with E-state index >= 15 is 0 Å². The summed E-state index contributed by atoms with van der Waals surface area (Å²) >= 11 is 0. The molecule has 118 valence electrons. The van der Waals surface area contributed by atoms with E-state index in [0.29, 0.717) is 13.1 Å². The third kappa shape index (κ3) is 3.10. The second-order valence-corrected chi connectivity index (χ2v) is 8.14. The third-order valence-electron chi connectivity index (χ3n) is 4.48. The van der Waals surface area contributed by atoms with Crippen LogP contribution in [0.15, 0.2) is 36.4 Å². The van der Waals surface area contributed by atoms with Crippen molar-refractivity contribution in [2.45, 2.75) is 13.0 Å². The second kappa shape index (κ2) is 5.89. The number of fused-ring (bicyclic) bond motifs is 1. The molecule has 0 aliphatic carbocycles. The first-order valence-electron chi connectivity index (χ1n) is 7.51. The van der Waals surface area contributed by atoms with Crippen molar-refractivity contribution in [1.29, 1.82) is 0 Å². The predicted molar refractivity (Wildman–Crippen MR) is 89.1 cm³/mol. The Morgan fingerprint density at radius 2 is 1.68 bits per heavy atom. The monoisotopic (exact) mass is 319 g/mol. The van der Waals surface area contributed by atoms with E-state index in [1.807, 2.05) is 12.1 Å². The standard InChI is InChI=1S/C17H21NO3S/c1-13(18-7-9-22(19,20)10-8-18)14-3-4-16-12-17(21-2)6-5-15(16)11-14/h3-6,11-13H,7-10H2,1-2H3. The van der Waals surface area contributed by atoms with Gasteiger partial charge < -0.3 is 4.74 Å². The first-order valence-corrected chi connectivity index (χ1v) is 9.33. The maximum absolute atomic E-state index is 11.6. The number of hydrogen-bond acceptors (Lipinski definition) is 4. The number of sulfone groups is 1. The average molecular weight is 319 g/mol. The minimum atomic E-state index is -2.83. The molecule has 0 radical (unpaired) electrons. The summed E-state index contributed by atoms with van der Waals surface area (Å²) in [4.78, 5) is 2.24. The second-order valence-electron chi connectivity index (χ2n) is 5.84. The molecule has 1 saturated heterocycles. The maximum Gasteiger partial charge on any atom is 0.152 e. The van der Waals surface area contributed by atoms with E-state index in [4.69, 9.17) is 4.74 Å². The lowest BCUT2D eigenvalue weighted by molar-refractivity contribution is 0.229. The van der Waals surface area contributed by atoms with Crippen LogP contribution < -0.4 is 4.74 Å². The Morgan fingerprint density at radius 3 is 2.36 bits per heavy atom. The molecule has 1 atom stereocenters. The summed E-state index contributed by atoms with van der Waals surface area (Å²) in [5.74, 6) is 1.39. The molecular weight excluding hydrogens is 298 g/mol. The topological polar surface area (TPSA) is 46.6 Å². The van der Waals surface area contributed by atoms with Crippen molar-refractivity contribution < 1.29 is 13.2 Å². The van der Waals surface area contributed by atoms with E-state index in [0.717, 1.165) is 11.1 Å². The minimum Gasteiger partial charge on any atom is -0.497 e. The van der Waals surface area contributed by atoms with Gasteiger partial charge in [-0.3, -0.25) is 4.90 Å². The van der Waals surface area contributed by atoms with Crippen LogP contribution in [0.3, 0.4) is 0 Å². The van der Waals surface area contributed by atoms with Gasteiger partial charge in [0.15, 0.2) is 9.84 Å². The molecule has 2 aromatic rings. The third-order valence-corrected chi connectivity index (χ3v) is 6.09. The Balaban J connectivity index is 1.83. The van der Waals surface area contributed by atoms with Crippen LogP contribution in [0.5, 0.6) is 5.75 Å². The first kappa shape index (κ1) is 15.3. The summed E-state index contributed by atoms with van der Waals surface area (Å²) in [5, 5.41) is 2.33. The maximum atomic E-state index is 11.6. The molecule has 4 nitrogen and oxygen atoms in total. The highest BCUT2D eigenvalue weighted by molar-refractivity contribution is 7.91. The quantitative estimate of drug-likeness (QED) is 0.872. The van der Waals surface area contributed by atoms with Crippen molar-refractivity contribution >= 4 is 20.6 Å². The summed E-state index contributed by atoms with van der Waals surface area (Å²) in [6, 6.07) is 12.7. The van der Waals surface area contributed by atoms with Gasteiger partial charge in [0.1, 0.15) is 5.75 Å². The summed E-state index contributed by atoms with van der Waals surface area (Å²) < 4.78 is 28.4. The number of benzene rings is 2. The van der Waals surface area contributed by atoms with E-state index in [9.17, 15) is 8.42 Å². The Morgan fingerprint density at radius 1 is 1.05 bits per heavy atom. The number of nitrogens with zero attached hydrogens (tertiary/aromatic N) is 1. The van der Waals surface area contributed by atoms with Gasteiger partial charge in [-0.1, -0.05) is 18.2 Å². The molecule has 22 heavy (non-hydrogen) atoms. The van der Waals surface area contributed by atoms with Crippen molar-refractivity contribution in [3.63, 3.8) is 0 Å². The molecule has 1 aliphatic heterocycles. The Kier molecular flexibility index (Phi) is 4.10. The molecule has 0 aromatic heterocycles. The molecule has 0 N–H and O–H groups in total. The van der Waals surface area contributed by atoms with Crippen molar-refractivity contribution in [2.75, 3.05) is 31.7 Å². The summed E-state index contributed by atoms with van der Waals surface area (Å²) in [6.45, 7) is 3.37. The number of ether oxygens (including phenoxy) is 1. The molecule has 5 heteroatoms. The highest BCUT2D eigenvalue weighted by Crippen LogP contribution is 2.27. The van der Waals surface area contributed by atoms with Crippen LogP contribution in [0.2, 0.25) is 0 Å². The van der Waals surface area contributed by atoms with Gasteiger partial charge in [-0.15, -0.1) is 0 Å². The van der Waals surface area contributed by atoms with E-state index in [-0.39, 0.29) is 17.5 Å². The van der Waals surface area contributed by atoms with Crippen LogP contribution >= 0.6 is 0 Å². The number of rotatable bonds is 3. The SMILES string of the molecule is COc1ccc2cc(C(C)N3CCS(=O)(=O)CC3)ccc2c1. The van der Waals surface area contributed by atoms with E-state index < -0.39 is 9.84 Å². The molecule has 0 saturated carbocycles. The molecular formula is C17H21NO3S. The highest BCUT2D eigenvalue weighted by Gasteiger charge is 2.25. The highest BCUT2D eigenvalue weighted by atomic mass is 32.2. The number of hydrogen-bond donors (Lipinski definition) is 0. The van der Waals surface area contributed by atoms with Gasteiger partial charge in [-0.2, -0.15) is 0 Å². The molecule has 2 aromatic carbocycles. The molecule has 1 heterocycles. The van der Waals surface area contributed by atoms with E-state index in [1.165, 1.54) is 10.9 Å². The van der Waals surface area contributed by atoms with Crippen molar-refractivity contribution in [1.82, 2.24) is 4.90 Å². The van der Waals surface area contributed by atoms with Crippen LogP contribution in [0.25, 0.3) is 10.8 Å². The van der Waals surface area contributed by atoms with Crippen LogP contribution in [0.4, 0.5) is 0 Å². The molecule has 0 spiro atoms. The fraction of sp³-hybridized carbons (Fsp3) is 0.412. The van der Waals surface area contributed by atoms with Crippen molar-refractivity contribution in [2.24, 2.45) is 0 Å². The lowest BCUT2D eigenvalue weighted by Gasteiger charge is -2.32. The van der Waals surface area contributed by atoms with Crippen LogP contribution in [0.1, 0.15) is 18.5 Å². The normalized spacial score (nSPS) is 19.9. The van der Waals surface area contributed by atoms with Crippen molar-refractivity contribution in [3.05, 3.63) is 42.0 Å². The zero-order valence-electron chi connectivity index (χ0n) is 13.0. The zero-order valence-corrected chi connectivity index (χ0v) is 13.8. The van der Waals surface area contributed by atoms with Gasteiger partial charge in [0, 0.05) is 19.1 Å². The van der Waals surface area contributed by atoms with Gasteiger partial charge in [0.25, 0.3) is 0 Å². The Hall–Kier alpha value is -1.59. The average Bonchev–Trinajstić information content (AvgIpc) is 2.53. The molecule has 3 rings (SSSR count). The first-order chi connectivity index (χ1) is 10.5.